The summed E-state index contributed by atoms with van der Waals surface area (Å²) in [6, 6.07) is 9.17. The van der Waals surface area contributed by atoms with Crippen LogP contribution in [0.15, 0.2) is 47.7 Å². The highest BCUT2D eigenvalue weighted by molar-refractivity contribution is 14.0. The number of aliphatic imine (C=N–C) groups is 1. The predicted molar refractivity (Wildman–Crippen MR) is 113 cm³/mol. The summed E-state index contributed by atoms with van der Waals surface area (Å²) in [6.07, 6.45) is 5.16. The molecule has 2 aromatic rings. The zero-order valence-corrected chi connectivity index (χ0v) is 17.1. The van der Waals surface area contributed by atoms with Gasteiger partial charge in [-0.25, -0.2) is 9.37 Å². The van der Waals surface area contributed by atoms with E-state index in [1.807, 2.05) is 23.1 Å². The van der Waals surface area contributed by atoms with Crippen molar-refractivity contribution in [3.8, 4) is 0 Å². The Hall–Kier alpha value is -1.97. The summed E-state index contributed by atoms with van der Waals surface area (Å²) in [7, 11) is 1.75. The molecule has 8 heteroatoms. The number of aromatic nitrogens is 2. The smallest absolute Gasteiger partial charge is 0.191 e. The van der Waals surface area contributed by atoms with Crippen LogP contribution in [0.5, 0.6) is 0 Å². The summed E-state index contributed by atoms with van der Waals surface area (Å²) in [5, 5.41) is 6.70. The molecule has 1 fully saturated rings. The van der Waals surface area contributed by atoms with Crippen molar-refractivity contribution in [1.82, 2.24) is 20.6 Å². The standard InChI is InChI=1S/C18H23FN6.HI/c1-20-18(23-11-7-14-5-2-3-9-21-14)24-15-8-12-25(13-15)17-16(19)6-4-10-22-17;/h2-6,9-10,15H,7-8,11-13H2,1H3,(H2,20,23,24);1H. The molecule has 3 rings (SSSR count). The summed E-state index contributed by atoms with van der Waals surface area (Å²) in [5.74, 6) is 0.898. The minimum absolute atomic E-state index is 0. The van der Waals surface area contributed by atoms with Gasteiger partial charge in [0, 0.05) is 57.2 Å². The Bertz CT molecular complexity index is 712. The molecule has 26 heavy (non-hydrogen) atoms. The highest BCUT2D eigenvalue weighted by Crippen LogP contribution is 2.20. The predicted octanol–water partition coefficient (Wildman–Crippen LogP) is 2.22. The van der Waals surface area contributed by atoms with Crippen LogP contribution < -0.4 is 15.5 Å². The number of rotatable bonds is 5. The molecule has 0 radical (unpaired) electrons. The maximum Gasteiger partial charge on any atom is 0.191 e. The van der Waals surface area contributed by atoms with Crippen LogP contribution in [-0.4, -0.2) is 48.7 Å². The van der Waals surface area contributed by atoms with Gasteiger partial charge in [-0.15, -0.1) is 24.0 Å². The molecule has 0 amide bonds. The van der Waals surface area contributed by atoms with Crippen molar-refractivity contribution in [2.75, 3.05) is 31.6 Å². The van der Waals surface area contributed by atoms with E-state index in [9.17, 15) is 4.39 Å². The van der Waals surface area contributed by atoms with Crippen LogP contribution in [0, 0.1) is 5.82 Å². The SMILES string of the molecule is CN=C(NCCc1ccccn1)NC1CCN(c2ncccc2F)C1.I. The fraction of sp³-hybridized carbons (Fsp3) is 0.389. The number of pyridine rings is 2. The normalized spacial score (nSPS) is 16.9. The van der Waals surface area contributed by atoms with E-state index < -0.39 is 0 Å². The third-order valence-corrected chi connectivity index (χ3v) is 4.19. The van der Waals surface area contributed by atoms with Gasteiger partial charge in [0.25, 0.3) is 0 Å². The van der Waals surface area contributed by atoms with Gasteiger partial charge < -0.3 is 15.5 Å². The van der Waals surface area contributed by atoms with Crippen molar-refractivity contribution in [2.45, 2.75) is 18.9 Å². The van der Waals surface area contributed by atoms with Crippen molar-refractivity contribution in [1.29, 1.82) is 0 Å². The van der Waals surface area contributed by atoms with E-state index in [1.54, 1.807) is 25.5 Å². The summed E-state index contributed by atoms with van der Waals surface area (Å²) in [4.78, 5) is 14.7. The van der Waals surface area contributed by atoms with Gasteiger partial charge in [0.2, 0.25) is 0 Å². The first kappa shape index (κ1) is 20.3. The molecule has 2 N–H and O–H groups in total. The number of nitrogens with zero attached hydrogens (tertiary/aromatic N) is 4. The van der Waals surface area contributed by atoms with E-state index in [-0.39, 0.29) is 35.8 Å². The van der Waals surface area contributed by atoms with Crippen LogP contribution in [0.2, 0.25) is 0 Å². The lowest BCUT2D eigenvalue weighted by Crippen LogP contribution is -2.45. The molecule has 1 aliphatic rings. The van der Waals surface area contributed by atoms with E-state index in [2.05, 4.69) is 25.6 Å². The highest BCUT2D eigenvalue weighted by atomic mass is 127. The maximum absolute atomic E-state index is 13.9. The lowest BCUT2D eigenvalue weighted by atomic mass is 10.2. The van der Waals surface area contributed by atoms with Gasteiger partial charge in [-0.1, -0.05) is 6.07 Å². The van der Waals surface area contributed by atoms with Crippen LogP contribution in [-0.2, 0) is 6.42 Å². The van der Waals surface area contributed by atoms with Crippen molar-refractivity contribution in [3.05, 3.63) is 54.2 Å². The summed E-state index contributed by atoms with van der Waals surface area (Å²) >= 11 is 0. The molecule has 0 bridgehead atoms. The third-order valence-electron chi connectivity index (χ3n) is 4.19. The Labute approximate surface area is 170 Å². The first-order valence-electron chi connectivity index (χ1n) is 8.49. The molecule has 0 saturated carbocycles. The third kappa shape index (κ3) is 5.52. The number of guanidine groups is 1. The highest BCUT2D eigenvalue weighted by Gasteiger charge is 2.25. The fourth-order valence-electron chi connectivity index (χ4n) is 2.92. The summed E-state index contributed by atoms with van der Waals surface area (Å²) in [5.41, 5.74) is 1.04. The van der Waals surface area contributed by atoms with Gasteiger partial charge in [0.15, 0.2) is 17.6 Å². The molecule has 1 atom stereocenters. The molecule has 6 nitrogen and oxygen atoms in total. The molecule has 1 saturated heterocycles. The molecule has 1 unspecified atom stereocenters. The number of nitrogens with one attached hydrogen (secondary N) is 2. The lowest BCUT2D eigenvalue weighted by Gasteiger charge is -2.19. The molecule has 1 aliphatic heterocycles. The molecule has 0 aromatic carbocycles. The number of anilines is 1. The van der Waals surface area contributed by atoms with Gasteiger partial charge >= 0.3 is 0 Å². The van der Waals surface area contributed by atoms with Crippen LogP contribution in [0.1, 0.15) is 12.1 Å². The number of halogens is 2. The van der Waals surface area contributed by atoms with Crippen LogP contribution >= 0.6 is 24.0 Å². The molecule has 0 spiro atoms. The minimum atomic E-state index is -0.277. The Morgan fingerprint density at radius 1 is 1.27 bits per heavy atom. The van der Waals surface area contributed by atoms with Crippen molar-refractivity contribution < 1.29 is 4.39 Å². The Balaban J connectivity index is 0.00000243. The zero-order valence-electron chi connectivity index (χ0n) is 14.7. The van der Waals surface area contributed by atoms with Crippen LogP contribution in [0.4, 0.5) is 10.2 Å². The second-order valence-corrected chi connectivity index (χ2v) is 5.95. The monoisotopic (exact) mass is 470 g/mol. The Morgan fingerprint density at radius 2 is 2.12 bits per heavy atom. The lowest BCUT2D eigenvalue weighted by molar-refractivity contribution is 0.612. The maximum atomic E-state index is 13.9. The average Bonchev–Trinajstić information content (AvgIpc) is 3.10. The molecule has 3 heterocycles. The molecular formula is C18H24FIN6. The van der Waals surface area contributed by atoms with E-state index >= 15 is 0 Å². The fourth-order valence-corrected chi connectivity index (χ4v) is 2.92. The second kappa shape index (κ2) is 10.2. The topological polar surface area (TPSA) is 65.4 Å². The Morgan fingerprint density at radius 3 is 2.85 bits per heavy atom. The van der Waals surface area contributed by atoms with Gasteiger partial charge in [0.05, 0.1) is 0 Å². The van der Waals surface area contributed by atoms with Gasteiger partial charge in [-0.3, -0.25) is 9.98 Å². The molecular weight excluding hydrogens is 446 g/mol. The molecule has 0 aliphatic carbocycles. The van der Waals surface area contributed by atoms with Crippen LogP contribution in [0.3, 0.4) is 0 Å². The van der Waals surface area contributed by atoms with Crippen molar-refractivity contribution in [2.24, 2.45) is 4.99 Å². The van der Waals surface area contributed by atoms with Crippen molar-refractivity contribution in [3.63, 3.8) is 0 Å². The van der Waals surface area contributed by atoms with E-state index in [0.29, 0.717) is 12.4 Å². The van der Waals surface area contributed by atoms with Crippen molar-refractivity contribution >= 4 is 35.8 Å². The first-order valence-corrected chi connectivity index (χ1v) is 8.49. The van der Waals surface area contributed by atoms with Crippen LogP contribution in [0.25, 0.3) is 0 Å². The largest absolute Gasteiger partial charge is 0.356 e. The molecule has 2 aromatic heterocycles. The first-order chi connectivity index (χ1) is 12.3. The van der Waals surface area contributed by atoms with Gasteiger partial charge in [0.1, 0.15) is 0 Å². The van der Waals surface area contributed by atoms with E-state index in [4.69, 9.17) is 0 Å². The van der Waals surface area contributed by atoms with E-state index in [0.717, 1.165) is 37.6 Å². The Kier molecular flexibility index (Phi) is 8.02. The minimum Gasteiger partial charge on any atom is -0.356 e. The molecule has 140 valence electrons. The quantitative estimate of drug-likeness (QED) is 0.399. The summed E-state index contributed by atoms with van der Waals surface area (Å²) < 4.78 is 13.9. The van der Waals surface area contributed by atoms with E-state index in [1.165, 1.54) is 6.07 Å². The average molecular weight is 470 g/mol. The number of hydrogen-bond donors (Lipinski definition) is 2. The zero-order chi connectivity index (χ0) is 17.5. The summed E-state index contributed by atoms with van der Waals surface area (Å²) in [6.45, 7) is 2.23. The number of hydrogen-bond acceptors (Lipinski definition) is 4. The van der Waals surface area contributed by atoms with Gasteiger partial charge in [-0.2, -0.15) is 0 Å². The van der Waals surface area contributed by atoms with Gasteiger partial charge in [-0.05, 0) is 30.7 Å². The second-order valence-electron chi connectivity index (χ2n) is 5.95.